The third kappa shape index (κ3) is 2.80. The van der Waals surface area contributed by atoms with Crippen LogP contribution in [-0.2, 0) is 0 Å². The van der Waals surface area contributed by atoms with E-state index in [1.807, 2.05) is 26.1 Å². The van der Waals surface area contributed by atoms with E-state index in [0.717, 1.165) is 11.3 Å². The van der Waals surface area contributed by atoms with Crippen molar-refractivity contribution in [3.8, 4) is 0 Å². The van der Waals surface area contributed by atoms with Gasteiger partial charge in [-0.3, -0.25) is 9.36 Å². The van der Waals surface area contributed by atoms with Crippen molar-refractivity contribution in [2.75, 3.05) is 0 Å². The maximum atomic E-state index is 12.3. The molecule has 0 aliphatic heterocycles. The Hall–Kier alpha value is -1.77. The van der Waals surface area contributed by atoms with Crippen LogP contribution in [0.3, 0.4) is 0 Å². The van der Waals surface area contributed by atoms with Crippen molar-refractivity contribution in [1.82, 2.24) is 9.13 Å². The quantitative estimate of drug-likeness (QED) is 0.822. The Morgan fingerprint density at radius 1 is 1.05 bits per heavy atom. The molecule has 1 unspecified atom stereocenters. The van der Waals surface area contributed by atoms with E-state index in [1.54, 1.807) is 4.57 Å². The lowest BCUT2D eigenvalue weighted by Gasteiger charge is -2.16. The lowest BCUT2D eigenvalue weighted by Crippen LogP contribution is -2.17. The number of aromatic nitrogens is 2. The van der Waals surface area contributed by atoms with Crippen molar-refractivity contribution in [3.05, 3.63) is 47.0 Å². The van der Waals surface area contributed by atoms with Gasteiger partial charge in [0.2, 0.25) is 5.91 Å². The molecule has 2 rings (SSSR count). The lowest BCUT2D eigenvalue weighted by molar-refractivity contribution is 0.0883. The summed E-state index contributed by atoms with van der Waals surface area (Å²) < 4.78 is 3.94. The van der Waals surface area contributed by atoms with Crippen LogP contribution >= 0.6 is 0 Å². The summed E-state index contributed by atoms with van der Waals surface area (Å²) in [4.78, 5) is 12.3. The van der Waals surface area contributed by atoms with Crippen molar-refractivity contribution in [1.29, 1.82) is 0 Å². The Labute approximate surface area is 114 Å². The van der Waals surface area contributed by atoms with Gasteiger partial charge in [0.25, 0.3) is 0 Å². The SMILES string of the molecule is Cc1cc(C)n(C(=O)CC(C)n2cc(C)cc2C)c1. The second-order valence-electron chi connectivity index (χ2n) is 5.54. The standard InChI is InChI=1S/C16H22N2O/c1-11-6-13(3)17(9-11)15(5)8-16(19)18-10-12(2)7-14(18)4/h6-7,9-10,15H,8H2,1-5H3. The van der Waals surface area contributed by atoms with Gasteiger partial charge in [0.1, 0.15) is 0 Å². The minimum Gasteiger partial charge on any atom is -0.348 e. The van der Waals surface area contributed by atoms with E-state index in [0.29, 0.717) is 6.42 Å². The predicted molar refractivity (Wildman–Crippen MR) is 77.8 cm³/mol. The van der Waals surface area contributed by atoms with Gasteiger partial charge in [0, 0.05) is 36.2 Å². The van der Waals surface area contributed by atoms with E-state index in [2.05, 4.69) is 37.6 Å². The number of rotatable bonds is 3. The molecule has 0 N–H and O–H groups in total. The van der Waals surface area contributed by atoms with Crippen molar-refractivity contribution in [2.24, 2.45) is 0 Å². The molecule has 2 aromatic rings. The van der Waals surface area contributed by atoms with Crippen LogP contribution in [0, 0.1) is 27.7 Å². The van der Waals surface area contributed by atoms with Crippen LogP contribution in [-0.4, -0.2) is 15.0 Å². The summed E-state index contributed by atoms with van der Waals surface area (Å²) in [5, 5.41) is 0. The molecule has 102 valence electrons. The molecule has 19 heavy (non-hydrogen) atoms. The topological polar surface area (TPSA) is 26.9 Å². The number of hydrogen-bond donors (Lipinski definition) is 0. The molecule has 3 heteroatoms. The zero-order chi connectivity index (χ0) is 14.2. The van der Waals surface area contributed by atoms with Crippen molar-refractivity contribution < 1.29 is 4.79 Å². The maximum absolute atomic E-state index is 12.3. The molecular formula is C16H22N2O. The summed E-state index contributed by atoms with van der Waals surface area (Å²) in [5.41, 5.74) is 4.59. The molecule has 0 aromatic carbocycles. The molecule has 0 fully saturated rings. The van der Waals surface area contributed by atoms with Crippen LogP contribution in [0.1, 0.15) is 46.7 Å². The third-order valence-corrected chi connectivity index (χ3v) is 3.55. The van der Waals surface area contributed by atoms with E-state index in [-0.39, 0.29) is 11.9 Å². The predicted octanol–water partition coefficient (Wildman–Crippen LogP) is 3.81. The molecule has 0 radical (unpaired) electrons. The van der Waals surface area contributed by atoms with Crippen LogP contribution in [0.5, 0.6) is 0 Å². The van der Waals surface area contributed by atoms with Gasteiger partial charge in [-0.25, -0.2) is 0 Å². The fraction of sp³-hybridized carbons (Fsp3) is 0.438. The molecule has 3 nitrogen and oxygen atoms in total. The number of carbonyl (C=O) groups excluding carboxylic acids is 1. The first-order valence-corrected chi connectivity index (χ1v) is 6.72. The first kappa shape index (κ1) is 13.7. The fourth-order valence-electron chi connectivity index (χ4n) is 2.70. The monoisotopic (exact) mass is 258 g/mol. The second-order valence-corrected chi connectivity index (χ2v) is 5.54. The zero-order valence-electron chi connectivity index (χ0n) is 12.4. The smallest absolute Gasteiger partial charge is 0.232 e. The Bertz CT molecular complexity index is 604. The maximum Gasteiger partial charge on any atom is 0.232 e. The van der Waals surface area contributed by atoms with Crippen molar-refractivity contribution >= 4 is 5.91 Å². The molecule has 0 aliphatic rings. The van der Waals surface area contributed by atoms with Crippen molar-refractivity contribution in [3.63, 3.8) is 0 Å². The van der Waals surface area contributed by atoms with Gasteiger partial charge in [0.05, 0.1) is 0 Å². The average Bonchev–Trinajstić information content (AvgIpc) is 2.81. The number of aryl methyl sites for hydroxylation is 4. The van der Waals surface area contributed by atoms with Gasteiger partial charge >= 0.3 is 0 Å². The highest BCUT2D eigenvalue weighted by Crippen LogP contribution is 2.19. The number of carbonyl (C=O) groups is 1. The first-order valence-electron chi connectivity index (χ1n) is 6.72. The average molecular weight is 258 g/mol. The molecule has 0 bridgehead atoms. The van der Waals surface area contributed by atoms with Gasteiger partial charge in [0.15, 0.2) is 0 Å². The van der Waals surface area contributed by atoms with Crippen LogP contribution in [0.25, 0.3) is 0 Å². The van der Waals surface area contributed by atoms with E-state index in [9.17, 15) is 4.79 Å². The Balaban J connectivity index is 2.15. The summed E-state index contributed by atoms with van der Waals surface area (Å²) in [6.07, 6.45) is 4.54. The van der Waals surface area contributed by atoms with E-state index in [4.69, 9.17) is 0 Å². The third-order valence-electron chi connectivity index (χ3n) is 3.55. The summed E-state index contributed by atoms with van der Waals surface area (Å²) in [6.45, 7) is 10.2. The number of hydrogen-bond acceptors (Lipinski definition) is 1. The van der Waals surface area contributed by atoms with Crippen molar-refractivity contribution in [2.45, 2.75) is 47.1 Å². The Morgan fingerprint density at radius 2 is 1.63 bits per heavy atom. The highest BCUT2D eigenvalue weighted by atomic mass is 16.2. The summed E-state index contributed by atoms with van der Waals surface area (Å²) >= 11 is 0. The van der Waals surface area contributed by atoms with Gasteiger partial charge in [-0.1, -0.05) is 0 Å². The summed E-state index contributed by atoms with van der Waals surface area (Å²) in [5.74, 6) is 0.156. The molecule has 0 saturated carbocycles. The van der Waals surface area contributed by atoms with Crippen LogP contribution in [0.15, 0.2) is 24.5 Å². The first-order chi connectivity index (χ1) is 8.88. The minimum atomic E-state index is 0.156. The van der Waals surface area contributed by atoms with Crippen LogP contribution in [0.2, 0.25) is 0 Å². The number of nitrogens with zero attached hydrogens (tertiary/aromatic N) is 2. The zero-order valence-corrected chi connectivity index (χ0v) is 12.4. The van der Waals surface area contributed by atoms with Gasteiger partial charge in [-0.05, 0) is 57.9 Å². The molecule has 1 atom stereocenters. The molecule has 2 heterocycles. The van der Waals surface area contributed by atoms with E-state index < -0.39 is 0 Å². The lowest BCUT2D eigenvalue weighted by atomic mass is 10.2. The van der Waals surface area contributed by atoms with Gasteiger partial charge < -0.3 is 4.57 Å². The molecule has 2 aromatic heterocycles. The highest BCUT2D eigenvalue weighted by Gasteiger charge is 2.15. The Kier molecular flexibility index (Phi) is 3.65. The minimum absolute atomic E-state index is 0.156. The molecular weight excluding hydrogens is 236 g/mol. The highest BCUT2D eigenvalue weighted by molar-refractivity contribution is 5.80. The second kappa shape index (κ2) is 5.08. The van der Waals surface area contributed by atoms with Crippen LogP contribution < -0.4 is 0 Å². The summed E-state index contributed by atoms with van der Waals surface area (Å²) in [7, 11) is 0. The van der Waals surface area contributed by atoms with Crippen LogP contribution in [0.4, 0.5) is 0 Å². The largest absolute Gasteiger partial charge is 0.348 e. The van der Waals surface area contributed by atoms with E-state index >= 15 is 0 Å². The molecule has 0 saturated heterocycles. The molecule has 0 spiro atoms. The van der Waals surface area contributed by atoms with E-state index in [1.165, 1.54) is 11.3 Å². The summed E-state index contributed by atoms with van der Waals surface area (Å²) in [6, 6.07) is 4.36. The molecule has 0 aliphatic carbocycles. The molecule has 0 amide bonds. The van der Waals surface area contributed by atoms with Gasteiger partial charge in [-0.15, -0.1) is 0 Å². The van der Waals surface area contributed by atoms with Gasteiger partial charge in [-0.2, -0.15) is 0 Å². The Morgan fingerprint density at radius 3 is 2.11 bits per heavy atom. The normalized spacial score (nSPS) is 12.7. The fourth-order valence-corrected chi connectivity index (χ4v) is 2.70.